The monoisotopic (exact) mass is 697 g/mol. The molecule has 1 saturated heterocycles. The molecule has 2 amide bonds. The molecule has 1 aliphatic carbocycles. The molecule has 0 unspecified atom stereocenters. The Morgan fingerprint density at radius 1 is 1.02 bits per heavy atom. The number of benzene rings is 3. The number of carboxylic acid groups (broad SMARTS) is 1. The zero-order chi connectivity index (χ0) is 35.1. The van der Waals surface area contributed by atoms with E-state index in [1.54, 1.807) is 28.9 Å². The molecule has 2 fully saturated rings. The molecule has 2 N–H and O–H groups in total. The second-order valence-electron chi connectivity index (χ2n) is 12.0. The Morgan fingerprint density at radius 3 is 2.39 bits per heavy atom. The lowest BCUT2D eigenvalue weighted by Gasteiger charge is -2.44. The van der Waals surface area contributed by atoms with Crippen LogP contribution < -0.4 is 19.5 Å². The number of nitrogens with zero attached hydrogens (tertiary/aromatic N) is 2. The topological polar surface area (TPSA) is 118 Å². The fourth-order valence-electron chi connectivity index (χ4n) is 6.17. The molecular formula is C36H38ClF2N3O7. The Kier molecular flexibility index (Phi) is 11.7. The van der Waals surface area contributed by atoms with Crippen LogP contribution in [0.3, 0.4) is 0 Å². The molecule has 2 heterocycles. The summed E-state index contributed by atoms with van der Waals surface area (Å²) in [6, 6.07) is 15.7. The van der Waals surface area contributed by atoms with Crippen molar-refractivity contribution < 1.29 is 42.5 Å². The van der Waals surface area contributed by atoms with Crippen molar-refractivity contribution in [1.82, 2.24) is 15.1 Å². The molecule has 2 atom stereocenters. The third-order valence-corrected chi connectivity index (χ3v) is 8.94. The first kappa shape index (κ1) is 35.6. The van der Waals surface area contributed by atoms with Crippen LogP contribution in [0.5, 0.6) is 17.2 Å². The molecule has 3 aromatic carbocycles. The first-order valence-electron chi connectivity index (χ1n) is 15.9. The molecular weight excluding hydrogens is 660 g/mol. The van der Waals surface area contributed by atoms with Crippen molar-refractivity contribution in [2.45, 2.75) is 50.9 Å². The quantitative estimate of drug-likeness (QED) is 0.204. The minimum absolute atomic E-state index is 0.0114. The van der Waals surface area contributed by atoms with Crippen LogP contribution >= 0.6 is 11.6 Å². The van der Waals surface area contributed by atoms with Gasteiger partial charge in [0, 0.05) is 55.8 Å². The van der Waals surface area contributed by atoms with Crippen molar-refractivity contribution in [3.63, 3.8) is 0 Å². The number of rotatable bonds is 11. The first-order chi connectivity index (χ1) is 23.6. The highest BCUT2D eigenvalue weighted by molar-refractivity contribution is 6.32. The van der Waals surface area contributed by atoms with Gasteiger partial charge < -0.3 is 34.4 Å². The van der Waals surface area contributed by atoms with Crippen molar-refractivity contribution in [2.75, 3.05) is 33.4 Å². The number of carbonyl (C=O) groups excluding carboxylic acids is 2. The van der Waals surface area contributed by atoms with Crippen LogP contribution in [-0.4, -0.2) is 84.7 Å². The second-order valence-corrected chi connectivity index (χ2v) is 12.4. The lowest BCUT2D eigenvalue weighted by atomic mass is 9.82. The predicted molar refractivity (Wildman–Crippen MR) is 179 cm³/mol. The van der Waals surface area contributed by atoms with Gasteiger partial charge >= 0.3 is 0 Å². The molecule has 10 nitrogen and oxygen atoms in total. The van der Waals surface area contributed by atoms with Gasteiger partial charge in [0.25, 0.3) is 12.4 Å². The molecule has 0 aromatic heterocycles. The minimum Gasteiger partial charge on any atom is -0.497 e. The van der Waals surface area contributed by atoms with E-state index in [0.717, 1.165) is 24.0 Å². The summed E-state index contributed by atoms with van der Waals surface area (Å²) in [7, 11) is 1.53. The van der Waals surface area contributed by atoms with E-state index in [1.807, 2.05) is 24.3 Å². The Labute approximate surface area is 288 Å². The Bertz CT molecular complexity index is 1700. The van der Waals surface area contributed by atoms with Crippen molar-refractivity contribution in [3.05, 3.63) is 94.0 Å². The van der Waals surface area contributed by atoms with Crippen molar-refractivity contribution in [1.29, 1.82) is 0 Å². The van der Waals surface area contributed by atoms with Gasteiger partial charge in [0.1, 0.15) is 42.1 Å². The second kappa shape index (κ2) is 16.1. The van der Waals surface area contributed by atoms with Gasteiger partial charge in [0.05, 0.1) is 18.2 Å². The highest BCUT2D eigenvalue weighted by Crippen LogP contribution is 2.38. The van der Waals surface area contributed by atoms with E-state index < -0.39 is 11.6 Å². The number of piperazine rings is 1. The number of nitrogens with one attached hydrogen (secondary N) is 1. The summed E-state index contributed by atoms with van der Waals surface area (Å²) in [4.78, 5) is 38.8. The largest absolute Gasteiger partial charge is 0.497 e. The molecule has 0 radical (unpaired) electrons. The molecule has 13 heteroatoms. The molecule has 260 valence electrons. The number of halogens is 3. The third-order valence-electron chi connectivity index (χ3n) is 8.63. The summed E-state index contributed by atoms with van der Waals surface area (Å²) in [5.74, 6) is 0.360. The number of hydrogen-bond acceptors (Lipinski definition) is 7. The van der Waals surface area contributed by atoms with Crippen LogP contribution in [0.1, 0.15) is 37.3 Å². The van der Waals surface area contributed by atoms with Crippen LogP contribution in [0.4, 0.5) is 8.78 Å². The molecule has 2 bridgehead atoms. The zero-order valence-electron chi connectivity index (χ0n) is 27.2. The summed E-state index contributed by atoms with van der Waals surface area (Å²) in [5.41, 5.74) is 2.79. The van der Waals surface area contributed by atoms with E-state index in [2.05, 4.69) is 5.32 Å². The molecule has 3 aliphatic rings. The van der Waals surface area contributed by atoms with Crippen LogP contribution in [0.2, 0.25) is 5.02 Å². The van der Waals surface area contributed by atoms with E-state index in [4.69, 9.17) is 35.7 Å². The smallest absolute Gasteiger partial charge is 0.290 e. The van der Waals surface area contributed by atoms with Gasteiger partial charge in [-0.2, -0.15) is 0 Å². The average molecular weight is 698 g/mol. The van der Waals surface area contributed by atoms with Crippen LogP contribution in [0.15, 0.2) is 66.2 Å². The van der Waals surface area contributed by atoms with Crippen molar-refractivity contribution in [2.24, 2.45) is 0 Å². The van der Waals surface area contributed by atoms with Crippen LogP contribution in [0.25, 0.3) is 5.57 Å². The Hall–Kier alpha value is -4.68. The SMILES string of the molecule is COc1ccc(F)c(CN(C(=O)C2=C(c3ccc(OCCOc4cc(F)ccc4Cl)cc3)C[C@@H]3CN(C(C)=O)C[C@H]2N3)C2CC2)c1.O=CO. The lowest BCUT2D eigenvalue weighted by Crippen LogP contribution is -2.61. The van der Waals surface area contributed by atoms with Gasteiger partial charge in [0.2, 0.25) is 5.91 Å². The van der Waals surface area contributed by atoms with Gasteiger partial charge in [-0.1, -0.05) is 23.7 Å². The number of amides is 2. The summed E-state index contributed by atoms with van der Waals surface area (Å²) in [6.07, 6.45) is 2.25. The molecule has 1 saturated carbocycles. The van der Waals surface area contributed by atoms with Gasteiger partial charge in [-0.15, -0.1) is 0 Å². The van der Waals surface area contributed by atoms with E-state index in [0.29, 0.717) is 47.2 Å². The first-order valence-corrected chi connectivity index (χ1v) is 16.3. The molecule has 2 aliphatic heterocycles. The lowest BCUT2D eigenvalue weighted by molar-refractivity contribution is -0.132. The van der Waals surface area contributed by atoms with Crippen molar-refractivity contribution in [3.8, 4) is 17.2 Å². The number of methoxy groups -OCH3 is 1. The normalized spacial score (nSPS) is 18.2. The predicted octanol–water partition coefficient (Wildman–Crippen LogP) is 5.32. The van der Waals surface area contributed by atoms with Gasteiger partial charge in [-0.3, -0.25) is 14.4 Å². The molecule has 6 rings (SSSR count). The van der Waals surface area contributed by atoms with Gasteiger partial charge in [-0.25, -0.2) is 8.78 Å². The Morgan fingerprint density at radius 2 is 1.71 bits per heavy atom. The van der Waals surface area contributed by atoms with E-state index >= 15 is 0 Å². The maximum Gasteiger partial charge on any atom is 0.290 e. The molecule has 3 aromatic rings. The Balaban J connectivity index is 0.00000151. The number of fused-ring (bicyclic) bond motifs is 2. The van der Waals surface area contributed by atoms with Crippen molar-refractivity contribution >= 4 is 35.5 Å². The maximum atomic E-state index is 14.9. The van der Waals surface area contributed by atoms with Crippen LogP contribution in [-0.2, 0) is 20.9 Å². The van der Waals surface area contributed by atoms with Crippen LogP contribution in [0, 0.1) is 11.6 Å². The molecule has 49 heavy (non-hydrogen) atoms. The number of ether oxygens (including phenoxy) is 3. The summed E-state index contributed by atoms with van der Waals surface area (Å²) in [5, 5.41) is 10.8. The zero-order valence-corrected chi connectivity index (χ0v) is 27.9. The van der Waals surface area contributed by atoms with E-state index in [9.17, 15) is 18.4 Å². The van der Waals surface area contributed by atoms with Gasteiger partial charge in [-0.05, 0) is 72.9 Å². The van der Waals surface area contributed by atoms with Gasteiger partial charge in [0.15, 0.2) is 0 Å². The average Bonchev–Trinajstić information content (AvgIpc) is 3.93. The fourth-order valence-corrected chi connectivity index (χ4v) is 6.34. The number of carbonyl (C=O) groups is 3. The highest BCUT2D eigenvalue weighted by Gasteiger charge is 2.43. The maximum absolute atomic E-state index is 14.9. The summed E-state index contributed by atoms with van der Waals surface area (Å²) >= 11 is 6.07. The summed E-state index contributed by atoms with van der Waals surface area (Å²) in [6.45, 7) is 2.72. The van der Waals surface area contributed by atoms with E-state index in [-0.39, 0.29) is 61.9 Å². The van der Waals surface area contributed by atoms with E-state index in [1.165, 1.54) is 31.4 Å². The third kappa shape index (κ3) is 8.87. The summed E-state index contributed by atoms with van der Waals surface area (Å²) < 4.78 is 45.1. The number of hydrogen-bond donors (Lipinski definition) is 2. The molecule has 0 spiro atoms. The minimum atomic E-state index is -0.438. The fraction of sp³-hybridized carbons (Fsp3) is 0.361. The standard InChI is InChI=1S/C35H36ClF2N3O5.CH2O2/c1-21(42)40-19-25-17-29(22-3-8-27(9-4-22)45-13-14-46-33-16-24(37)5-11-30(33)36)34(32(20-40)39-25)35(43)41(26-6-7-26)18-23-15-28(44-2)10-12-31(23)38;2-1-3/h3-5,8-12,15-16,25-26,32,39H,6-7,13-14,17-20H2,1-2H3;1H,(H,2,3)/t25-,32-;/m1./s1. The highest BCUT2D eigenvalue weighted by atomic mass is 35.5.